The third-order valence-corrected chi connectivity index (χ3v) is 3.18. The Morgan fingerprint density at radius 2 is 1.25 bits per heavy atom. The highest BCUT2D eigenvalue weighted by Crippen LogP contribution is 2.40. The zero-order valence-corrected chi connectivity index (χ0v) is 10.4. The van der Waals surface area contributed by atoms with E-state index in [0.29, 0.717) is 21.5 Å². The molecular formula is C12H10Cl2O2. The van der Waals surface area contributed by atoms with Gasteiger partial charge >= 0.3 is 0 Å². The molecule has 2 aromatic rings. The molecule has 2 aromatic carbocycles. The van der Waals surface area contributed by atoms with E-state index in [1.165, 1.54) is 0 Å². The third-order valence-electron chi connectivity index (χ3n) is 2.43. The summed E-state index contributed by atoms with van der Waals surface area (Å²) < 4.78 is 10.3. The van der Waals surface area contributed by atoms with E-state index in [9.17, 15) is 0 Å². The molecular weight excluding hydrogens is 247 g/mol. The summed E-state index contributed by atoms with van der Waals surface area (Å²) in [6.45, 7) is 0. The lowest BCUT2D eigenvalue weighted by molar-refractivity contribution is 0.414. The lowest BCUT2D eigenvalue weighted by atomic mass is 10.1. The first-order valence-corrected chi connectivity index (χ1v) is 5.43. The number of benzene rings is 2. The average Bonchev–Trinajstić information content (AvgIpc) is 2.30. The molecule has 16 heavy (non-hydrogen) atoms. The molecule has 0 saturated carbocycles. The standard InChI is InChI=1S/C12H10Cl2O2/c1-15-8-5-3-7-4-6-9(16-2)12(14)10(7)11(8)13/h3-6H,1-2H3. The fourth-order valence-corrected chi connectivity index (χ4v) is 2.35. The van der Waals surface area contributed by atoms with Crippen molar-refractivity contribution in [3.8, 4) is 11.5 Å². The van der Waals surface area contributed by atoms with Crippen LogP contribution in [0.25, 0.3) is 10.8 Å². The van der Waals surface area contributed by atoms with E-state index in [2.05, 4.69) is 0 Å². The highest BCUT2D eigenvalue weighted by atomic mass is 35.5. The van der Waals surface area contributed by atoms with Crippen molar-refractivity contribution in [2.45, 2.75) is 0 Å². The summed E-state index contributed by atoms with van der Waals surface area (Å²) in [7, 11) is 3.14. The molecule has 0 aliphatic heterocycles. The maximum absolute atomic E-state index is 6.21. The van der Waals surface area contributed by atoms with Gasteiger partial charge in [0.25, 0.3) is 0 Å². The largest absolute Gasteiger partial charge is 0.495 e. The Hall–Kier alpha value is -1.12. The summed E-state index contributed by atoms with van der Waals surface area (Å²) in [5.74, 6) is 1.20. The fraction of sp³-hybridized carbons (Fsp3) is 0.167. The van der Waals surface area contributed by atoms with Gasteiger partial charge in [-0.1, -0.05) is 35.3 Å². The summed E-state index contributed by atoms with van der Waals surface area (Å²) in [5.41, 5.74) is 0. The van der Waals surface area contributed by atoms with Gasteiger partial charge in [0.15, 0.2) is 0 Å². The van der Waals surface area contributed by atoms with Gasteiger partial charge in [0.2, 0.25) is 0 Å². The van der Waals surface area contributed by atoms with Gasteiger partial charge in [0.05, 0.1) is 24.3 Å². The Kier molecular flexibility index (Phi) is 3.13. The molecule has 0 radical (unpaired) electrons. The summed E-state index contributed by atoms with van der Waals surface area (Å²) in [6, 6.07) is 7.44. The molecule has 0 spiro atoms. The van der Waals surface area contributed by atoms with Crippen LogP contribution in [0.5, 0.6) is 11.5 Å². The van der Waals surface area contributed by atoms with Crippen LogP contribution in [0.1, 0.15) is 0 Å². The normalized spacial score (nSPS) is 10.5. The van der Waals surface area contributed by atoms with Crippen molar-refractivity contribution in [3.05, 3.63) is 34.3 Å². The Morgan fingerprint density at radius 1 is 0.812 bits per heavy atom. The van der Waals surface area contributed by atoms with E-state index in [4.69, 9.17) is 32.7 Å². The van der Waals surface area contributed by atoms with E-state index < -0.39 is 0 Å². The van der Waals surface area contributed by atoms with Crippen molar-refractivity contribution in [1.29, 1.82) is 0 Å². The minimum Gasteiger partial charge on any atom is -0.495 e. The smallest absolute Gasteiger partial charge is 0.138 e. The molecule has 0 N–H and O–H groups in total. The van der Waals surface area contributed by atoms with Crippen LogP contribution in [0.4, 0.5) is 0 Å². The molecule has 0 fully saturated rings. The molecule has 0 heterocycles. The average molecular weight is 257 g/mol. The van der Waals surface area contributed by atoms with Crippen molar-refractivity contribution < 1.29 is 9.47 Å². The second-order valence-corrected chi connectivity index (χ2v) is 4.02. The minimum atomic E-state index is 0.504. The number of halogens is 2. The molecule has 0 aliphatic rings. The number of hydrogen-bond acceptors (Lipinski definition) is 2. The highest BCUT2D eigenvalue weighted by molar-refractivity contribution is 6.44. The molecule has 0 saturated heterocycles. The highest BCUT2D eigenvalue weighted by Gasteiger charge is 2.12. The first kappa shape index (κ1) is 11.4. The molecule has 0 unspecified atom stereocenters. The molecule has 0 aromatic heterocycles. The van der Waals surface area contributed by atoms with Crippen LogP contribution < -0.4 is 9.47 Å². The van der Waals surface area contributed by atoms with Crippen molar-refractivity contribution in [1.82, 2.24) is 0 Å². The number of methoxy groups -OCH3 is 2. The Labute approximate surface area is 104 Å². The first-order chi connectivity index (χ1) is 7.69. The third kappa shape index (κ3) is 1.68. The second-order valence-electron chi connectivity index (χ2n) is 3.26. The monoisotopic (exact) mass is 256 g/mol. The van der Waals surface area contributed by atoms with Crippen LogP contribution in [-0.2, 0) is 0 Å². The summed E-state index contributed by atoms with van der Waals surface area (Å²) in [5, 5.41) is 2.71. The molecule has 0 atom stereocenters. The first-order valence-electron chi connectivity index (χ1n) is 4.67. The summed E-state index contributed by atoms with van der Waals surface area (Å²) >= 11 is 12.4. The van der Waals surface area contributed by atoms with E-state index in [0.717, 1.165) is 10.8 Å². The van der Waals surface area contributed by atoms with Gasteiger partial charge in [0.1, 0.15) is 11.5 Å². The summed E-state index contributed by atoms with van der Waals surface area (Å²) in [4.78, 5) is 0. The Bertz CT molecular complexity index is 493. The van der Waals surface area contributed by atoms with Crippen LogP contribution >= 0.6 is 23.2 Å². The number of hydrogen-bond donors (Lipinski definition) is 0. The van der Waals surface area contributed by atoms with Crippen LogP contribution in [0.15, 0.2) is 24.3 Å². The fourth-order valence-electron chi connectivity index (χ4n) is 1.61. The van der Waals surface area contributed by atoms with E-state index in [1.54, 1.807) is 14.2 Å². The SMILES string of the molecule is COc1ccc2ccc(OC)c(Cl)c2c1Cl. The Balaban J connectivity index is 2.83. The quantitative estimate of drug-likeness (QED) is 0.804. The van der Waals surface area contributed by atoms with E-state index >= 15 is 0 Å². The van der Waals surface area contributed by atoms with Gasteiger partial charge in [-0.3, -0.25) is 0 Å². The molecule has 4 heteroatoms. The zero-order chi connectivity index (χ0) is 11.7. The molecule has 84 valence electrons. The predicted molar refractivity (Wildman–Crippen MR) is 67.1 cm³/mol. The summed E-state index contributed by atoms with van der Waals surface area (Å²) in [6.07, 6.45) is 0. The Morgan fingerprint density at radius 3 is 1.62 bits per heavy atom. The number of ether oxygens (including phenoxy) is 2. The predicted octanol–water partition coefficient (Wildman–Crippen LogP) is 4.16. The molecule has 2 nitrogen and oxygen atoms in total. The maximum Gasteiger partial charge on any atom is 0.138 e. The molecule has 0 bridgehead atoms. The van der Waals surface area contributed by atoms with Crippen molar-refractivity contribution in [2.75, 3.05) is 14.2 Å². The van der Waals surface area contributed by atoms with Crippen LogP contribution in [0.2, 0.25) is 10.0 Å². The van der Waals surface area contributed by atoms with Gasteiger partial charge < -0.3 is 9.47 Å². The lowest BCUT2D eigenvalue weighted by Gasteiger charge is -2.10. The number of rotatable bonds is 2. The van der Waals surface area contributed by atoms with Gasteiger partial charge in [0, 0.05) is 5.39 Å². The maximum atomic E-state index is 6.21. The molecule has 2 rings (SSSR count). The zero-order valence-electron chi connectivity index (χ0n) is 8.88. The van der Waals surface area contributed by atoms with Crippen LogP contribution in [0.3, 0.4) is 0 Å². The van der Waals surface area contributed by atoms with Gasteiger partial charge in [-0.05, 0) is 17.5 Å². The van der Waals surface area contributed by atoms with E-state index in [-0.39, 0.29) is 0 Å². The lowest BCUT2D eigenvalue weighted by Crippen LogP contribution is -1.88. The van der Waals surface area contributed by atoms with Crippen molar-refractivity contribution >= 4 is 34.0 Å². The molecule has 0 amide bonds. The van der Waals surface area contributed by atoms with Gasteiger partial charge in [-0.25, -0.2) is 0 Å². The van der Waals surface area contributed by atoms with Crippen molar-refractivity contribution in [2.24, 2.45) is 0 Å². The van der Waals surface area contributed by atoms with Gasteiger partial charge in [-0.15, -0.1) is 0 Å². The van der Waals surface area contributed by atoms with E-state index in [1.807, 2.05) is 24.3 Å². The number of fused-ring (bicyclic) bond motifs is 1. The minimum absolute atomic E-state index is 0.504. The second kappa shape index (κ2) is 4.40. The molecule has 0 aliphatic carbocycles. The topological polar surface area (TPSA) is 18.5 Å². The van der Waals surface area contributed by atoms with Crippen LogP contribution in [-0.4, -0.2) is 14.2 Å². The van der Waals surface area contributed by atoms with Crippen molar-refractivity contribution in [3.63, 3.8) is 0 Å². The van der Waals surface area contributed by atoms with Gasteiger partial charge in [-0.2, -0.15) is 0 Å². The van der Waals surface area contributed by atoms with Crippen LogP contribution in [0, 0.1) is 0 Å².